The van der Waals surface area contributed by atoms with Crippen molar-refractivity contribution in [1.82, 2.24) is 19.2 Å². The number of rotatable bonds is 3. The van der Waals surface area contributed by atoms with E-state index in [1.165, 1.54) is 4.31 Å². The van der Waals surface area contributed by atoms with Gasteiger partial charge in [-0.2, -0.15) is 4.31 Å². The topological polar surface area (TPSA) is 86.4 Å². The van der Waals surface area contributed by atoms with Gasteiger partial charge in [-0.25, -0.2) is 13.4 Å². The molecule has 1 aliphatic heterocycles. The van der Waals surface area contributed by atoms with E-state index in [4.69, 9.17) is 0 Å². The van der Waals surface area contributed by atoms with Gasteiger partial charge in [0.15, 0.2) is 0 Å². The summed E-state index contributed by atoms with van der Waals surface area (Å²) in [4.78, 5) is 22.0. The highest BCUT2D eigenvalue weighted by Gasteiger charge is 2.31. The van der Waals surface area contributed by atoms with E-state index in [0.717, 1.165) is 22.2 Å². The molecular weight excluding hydrogens is 376 g/mol. The maximum atomic E-state index is 13.0. The Morgan fingerprint density at radius 1 is 1.04 bits per heavy atom. The number of carbonyl (C=O) groups excluding carboxylic acids is 1. The van der Waals surface area contributed by atoms with E-state index in [1.807, 2.05) is 26.0 Å². The van der Waals surface area contributed by atoms with Crippen molar-refractivity contribution in [3.05, 3.63) is 59.4 Å². The van der Waals surface area contributed by atoms with E-state index < -0.39 is 10.0 Å². The first-order valence-electron chi connectivity index (χ1n) is 9.16. The number of hydrogen-bond acceptors (Lipinski definition) is 4. The summed E-state index contributed by atoms with van der Waals surface area (Å²) in [5, 5.41) is 0. The van der Waals surface area contributed by atoms with Gasteiger partial charge in [-0.05, 0) is 43.7 Å². The van der Waals surface area contributed by atoms with Crippen molar-refractivity contribution in [2.24, 2.45) is 0 Å². The monoisotopic (exact) mass is 398 g/mol. The van der Waals surface area contributed by atoms with Crippen LogP contribution >= 0.6 is 0 Å². The maximum Gasteiger partial charge on any atom is 0.254 e. The van der Waals surface area contributed by atoms with Crippen molar-refractivity contribution < 1.29 is 13.2 Å². The number of aromatic nitrogens is 2. The Morgan fingerprint density at radius 3 is 2.50 bits per heavy atom. The number of nitrogens with one attached hydrogen (secondary N) is 1. The number of aromatic amines is 1. The SMILES string of the molecule is Cc1ccc(S(=O)(=O)N2CCN(C(=O)c3ccc4nc[nH]c4c3)CC2)c(C)c1. The lowest BCUT2D eigenvalue weighted by Gasteiger charge is -2.34. The lowest BCUT2D eigenvalue weighted by Crippen LogP contribution is -2.50. The molecule has 0 aliphatic carbocycles. The Bertz CT molecular complexity index is 1150. The molecule has 0 unspecified atom stereocenters. The number of hydrogen-bond donors (Lipinski definition) is 1. The van der Waals surface area contributed by atoms with Gasteiger partial charge in [0.2, 0.25) is 10.0 Å². The minimum Gasteiger partial charge on any atom is -0.345 e. The van der Waals surface area contributed by atoms with Gasteiger partial charge in [-0.1, -0.05) is 17.7 Å². The molecule has 1 aliphatic rings. The van der Waals surface area contributed by atoms with E-state index in [9.17, 15) is 13.2 Å². The molecule has 28 heavy (non-hydrogen) atoms. The van der Waals surface area contributed by atoms with Crippen molar-refractivity contribution >= 4 is 27.0 Å². The van der Waals surface area contributed by atoms with E-state index in [0.29, 0.717) is 23.5 Å². The number of piperazine rings is 1. The van der Waals surface area contributed by atoms with Gasteiger partial charge in [-0.15, -0.1) is 0 Å². The van der Waals surface area contributed by atoms with E-state index in [2.05, 4.69) is 9.97 Å². The van der Waals surface area contributed by atoms with Gasteiger partial charge < -0.3 is 9.88 Å². The highest BCUT2D eigenvalue weighted by Crippen LogP contribution is 2.23. The Kier molecular flexibility index (Phi) is 4.68. The third-order valence-electron chi connectivity index (χ3n) is 5.14. The molecule has 1 N–H and O–H groups in total. The van der Waals surface area contributed by atoms with E-state index in [1.54, 1.807) is 35.5 Å². The molecule has 3 aromatic rings. The zero-order valence-corrected chi connectivity index (χ0v) is 16.7. The van der Waals surface area contributed by atoms with Crippen molar-refractivity contribution in [2.75, 3.05) is 26.2 Å². The molecule has 2 aromatic carbocycles. The molecule has 1 aromatic heterocycles. The van der Waals surface area contributed by atoms with Gasteiger partial charge in [0.1, 0.15) is 0 Å². The summed E-state index contributed by atoms with van der Waals surface area (Å²) < 4.78 is 27.5. The second-order valence-electron chi connectivity index (χ2n) is 7.10. The molecule has 146 valence electrons. The Hall–Kier alpha value is -2.71. The minimum absolute atomic E-state index is 0.0972. The number of fused-ring (bicyclic) bond motifs is 1. The first-order valence-corrected chi connectivity index (χ1v) is 10.6. The summed E-state index contributed by atoms with van der Waals surface area (Å²) >= 11 is 0. The number of benzene rings is 2. The zero-order chi connectivity index (χ0) is 19.9. The van der Waals surface area contributed by atoms with Crippen LogP contribution in [0.15, 0.2) is 47.6 Å². The summed E-state index contributed by atoms with van der Waals surface area (Å²) in [7, 11) is -3.56. The third-order valence-corrected chi connectivity index (χ3v) is 7.20. The van der Waals surface area contributed by atoms with Crippen LogP contribution in [0.2, 0.25) is 0 Å². The molecule has 0 spiro atoms. The van der Waals surface area contributed by atoms with Crippen LogP contribution in [-0.2, 0) is 10.0 Å². The fourth-order valence-electron chi connectivity index (χ4n) is 3.61. The molecule has 2 heterocycles. The standard InChI is InChI=1S/C20H22N4O3S/c1-14-3-6-19(15(2)11-14)28(26,27)24-9-7-23(8-10-24)20(25)16-4-5-17-18(12-16)22-13-21-17/h3-6,11-13H,7-10H2,1-2H3,(H,21,22). The maximum absolute atomic E-state index is 13.0. The van der Waals surface area contributed by atoms with Crippen molar-refractivity contribution in [3.63, 3.8) is 0 Å². The average Bonchev–Trinajstić information content (AvgIpc) is 3.15. The molecule has 1 saturated heterocycles. The molecule has 0 radical (unpaired) electrons. The van der Waals surface area contributed by atoms with Crippen LogP contribution < -0.4 is 0 Å². The number of carbonyl (C=O) groups is 1. The van der Waals surface area contributed by atoms with Gasteiger partial charge in [0.25, 0.3) is 5.91 Å². The van der Waals surface area contributed by atoms with Crippen LogP contribution in [0.5, 0.6) is 0 Å². The molecule has 1 fully saturated rings. The Balaban J connectivity index is 1.48. The van der Waals surface area contributed by atoms with Gasteiger partial charge in [-0.3, -0.25) is 4.79 Å². The molecule has 4 rings (SSSR count). The minimum atomic E-state index is -3.56. The lowest BCUT2D eigenvalue weighted by atomic mass is 10.1. The normalized spacial score (nSPS) is 15.9. The van der Waals surface area contributed by atoms with Crippen LogP contribution in [0.3, 0.4) is 0 Å². The number of H-pyrrole nitrogens is 1. The zero-order valence-electron chi connectivity index (χ0n) is 15.8. The van der Waals surface area contributed by atoms with Crippen LogP contribution in [0.1, 0.15) is 21.5 Å². The molecule has 7 nitrogen and oxygen atoms in total. The number of aryl methyl sites for hydroxylation is 2. The summed E-state index contributed by atoms with van der Waals surface area (Å²) in [6.45, 7) is 5.05. The largest absolute Gasteiger partial charge is 0.345 e. The summed E-state index contributed by atoms with van der Waals surface area (Å²) in [6.07, 6.45) is 1.59. The summed E-state index contributed by atoms with van der Waals surface area (Å²) in [5.74, 6) is -0.0972. The number of nitrogens with zero attached hydrogens (tertiary/aromatic N) is 3. The van der Waals surface area contributed by atoms with Crippen molar-refractivity contribution in [3.8, 4) is 0 Å². The number of imidazole rings is 1. The highest BCUT2D eigenvalue weighted by atomic mass is 32.2. The fraction of sp³-hybridized carbons (Fsp3) is 0.300. The third kappa shape index (κ3) is 3.29. The molecule has 0 saturated carbocycles. The lowest BCUT2D eigenvalue weighted by molar-refractivity contribution is 0.0698. The molecule has 0 bridgehead atoms. The summed E-state index contributed by atoms with van der Waals surface area (Å²) in [5.41, 5.74) is 3.96. The fourth-order valence-corrected chi connectivity index (χ4v) is 5.24. The second-order valence-corrected chi connectivity index (χ2v) is 9.01. The Labute approximate surface area is 164 Å². The van der Waals surface area contributed by atoms with Crippen molar-refractivity contribution in [1.29, 1.82) is 0 Å². The average molecular weight is 398 g/mol. The second kappa shape index (κ2) is 7.03. The van der Waals surface area contributed by atoms with Crippen LogP contribution in [0.4, 0.5) is 0 Å². The molecule has 8 heteroatoms. The molecule has 0 atom stereocenters. The first-order chi connectivity index (χ1) is 13.4. The van der Waals surface area contributed by atoms with Crippen LogP contribution in [-0.4, -0.2) is 59.7 Å². The quantitative estimate of drug-likeness (QED) is 0.734. The summed E-state index contributed by atoms with van der Waals surface area (Å²) in [6, 6.07) is 10.7. The smallest absolute Gasteiger partial charge is 0.254 e. The predicted octanol–water partition coefficient (Wildman–Crippen LogP) is 2.33. The Morgan fingerprint density at radius 2 is 1.79 bits per heavy atom. The number of sulfonamides is 1. The molecule has 1 amide bonds. The first kappa shape index (κ1) is 18.6. The number of amides is 1. The van der Waals surface area contributed by atoms with Gasteiger partial charge in [0, 0.05) is 31.7 Å². The van der Waals surface area contributed by atoms with E-state index >= 15 is 0 Å². The van der Waals surface area contributed by atoms with E-state index in [-0.39, 0.29) is 19.0 Å². The highest BCUT2D eigenvalue weighted by molar-refractivity contribution is 7.89. The van der Waals surface area contributed by atoms with Crippen molar-refractivity contribution in [2.45, 2.75) is 18.7 Å². The van der Waals surface area contributed by atoms with Crippen LogP contribution in [0.25, 0.3) is 11.0 Å². The van der Waals surface area contributed by atoms with Gasteiger partial charge in [0.05, 0.1) is 22.3 Å². The van der Waals surface area contributed by atoms with Gasteiger partial charge >= 0.3 is 0 Å². The molecular formula is C20H22N4O3S. The predicted molar refractivity (Wildman–Crippen MR) is 107 cm³/mol. The van der Waals surface area contributed by atoms with Crippen LogP contribution in [0, 0.1) is 13.8 Å².